The van der Waals surface area contributed by atoms with Crippen molar-refractivity contribution in [3.05, 3.63) is 18.2 Å². The first kappa shape index (κ1) is 13.2. The van der Waals surface area contributed by atoms with Crippen molar-refractivity contribution >= 4 is 0 Å². The number of hydrogen-bond donors (Lipinski definition) is 1. The third-order valence-electron chi connectivity index (χ3n) is 2.32. The predicted octanol–water partition coefficient (Wildman–Crippen LogP) is 1.67. The second-order valence-corrected chi connectivity index (χ2v) is 4.32. The van der Waals surface area contributed by atoms with Gasteiger partial charge < -0.3 is 14.6 Å². The molecule has 1 heterocycles. The molecule has 0 aromatic carbocycles. The van der Waals surface area contributed by atoms with Crippen molar-refractivity contribution in [2.24, 2.45) is 5.92 Å². The van der Waals surface area contributed by atoms with Crippen molar-refractivity contribution in [3.63, 3.8) is 0 Å². The average Bonchev–Trinajstić information content (AvgIpc) is 2.70. The second-order valence-electron chi connectivity index (χ2n) is 4.32. The number of nitrogens with zero attached hydrogens (tertiary/aromatic N) is 2. The number of ether oxygens (including phenoxy) is 1. The SMILES string of the molecule is CCn1cncc1CNCCOCC(C)C. The normalized spacial score (nSPS) is 11.2. The molecule has 0 aliphatic carbocycles. The van der Waals surface area contributed by atoms with Gasteiger partial charge in [-0.15, -0.1) is 0 Å². The zero-order valence-corrected chi connectivity index (χ0v) is 10.6. The molecule has 92 valence electrons. The third kappa shape index (κ3) is 4.77. The van der Waals surface area contributed by atoms with Crippen LogP contribution in [-0.4, -0.2) is 29.3 Å². The van der Waals surface area contributed by atoms with Crippen LogP contribution in [0.4, 0.5) is 0 Å². The molecule has 0 atom stereocenters. The third-order valence-corrected chi connectivity index (χ3v) is 2.32. The summed E-state index contributed by atoms with van der Waals surface area (Å²) in [6, 6.07) is 0. The molecule has 4 nitrogen and oxygen atoms in total. The molecule has 0 radical (unpaired) electrons. The fraction of sp³-hybridized carbons (Fsp3) is 0.750. The summed E-state index contributed by atoms with van der Waals surface area (Å²) < 4.78 is 7.63. The van der Waals surface area contributed by atoms with E-state index in [9.17, 15) is 0 Å². The Hall–Kier alpha value is -0.870. The highest BCUT2D eigenvalue weighted by Gasteiger charge is 1.99. The monoisotopic (exact) mass is 225 g/mol. The first-order valence-corrected chi connectivity index (χ1v) is 6.01. The molecule has 0 amide bonds. The number of nitrogens with one attached hydrogen (secondary N) is 1. The van der Waals surface area contributed by atoms with Gasteiger partial charge >= 0.3 is 0 Å². The van der Waals surface area contributed by atoms with Gasteiger partial charge in [-0.05, 0) is 12.8 Å². The summed E-state index contributed by atoms with van der Waals surface area (Å²) in [5.41, 5.74) is 1.23. The zero-order valence-electron chi connectivity index (χ0n) is 10.6. The summed E-state index contributed by atoms with van der Waals surface area (Å²) in [6.07, 6.45) is 3.78. The minimum absolute atomic E-state index is 0.613. The highest BCUT2D eigenvalue weighted by Crippen LogP contribution is 1.98. The van der Waals surface area contributed by atoms with Gasteiger partial charge in [-0.25, -0.2) is 4.98 Å². The van der Waals surface area contributed by atoms with Crippen molar-refractivity contribution < 1.29 is 4.74 Å². The molecule has 16 heavy (non-hydrogen) atoms. The highest BCUT2D eigenvalue weighted by atomic mass is 16.5. The maximum absolute atomic E-state index is 5.49. The van der Waals surface area contributed by atoms with Crippen LogP contribution in [0, 0.1) is 5.92 Å². The second kappa shape index (κ2) is 7.41. The Morgan fingerprint density at radius 3 is 3.00 bits per heavy atom. The molecule has 0 fully saturated rings. The van der Waals surface area contributed by atoms with Crippen molar-refractivity contribution in [1.29, 1.82) is 0 Å². The molecular formula is C12H23N3O. The molecular weight excluding hydrogens is 202 g/mol. The maximum Gasteiger partial charge on any atom is 0.0948 e. The van der Waals surface area contributed by atoms with Crippen LogP contribution in [-0.2, 0) is 17.8 Å². The molecule has 0 bridgehead atoms. The molecule has 0 aliphatic heterocycles. The van der Waals surface area contributed by atoms with Crippen molar-refractivity contribution in [3.8, 4) is 0 Å². The Balaban J connectivity index is 2.07. The molecule has 4 heteroatoms. The maximum atomic E-state index is 5.49. The van der Waals surface area contributed by atoms with Crippen LogP contribution < -0.4 is 5.32 Å². The molecule has 1 N–H and O–H groups in total. The van der Waals surface area contributed by atoms with E-state index in [1.807, 2.05) is 12.5 Å². The quantitative estimate of drug-likeness (QED) is 0.684. The number of imidazole rings is 1. The van der Waals surface area contributed by atoms with Crippen LogP contribution in [0.25, 0.3) is 0 Å². The van der Waals surface area contributed by atoms with E-state index in [0.29, 0.717) is 5.92 Å². The van der Waals surface area contributed by atoms with Gasteiger partial charge in [0.2, 0.25) is 0 Å². The Morgan fingerprint density at radius 1 is 1.50 bits per heavy atom. The Bertz CT molecular complexity index is 284. The Morgan fingerprint density at radius 2 is 2.31 bits per heavy atom. The fourth-order valence-corrected chi connectivity index (χ4v) is 1.46. The number of aromatic nitrogens is 2. The van der Waals surface area contributed by atoms with Gasteiger partial charge in [0.25, 0.3) is 0 Å². The van der Waals surface area contributed by atoms with Crippen molar-refractivity contribution in [2.75, 3.05) is 19.8 Å². The highest BCUT2D eigenvalue weighted by molar-refractivity contribution is 4.97. The van der Waals surface area contributed by atoms with Crippen LogP contribution >= 0.6 is 0 Å². The lowest BCUT2D eigenvalue weighted by molar-refractivity contribution is 0.111. The molecule has 1 aromatic heterocycles. The summed E-state index contributed by atoms with van der Waals surface area (Å²) in [6.45, 7) is 10.8. The van der Waals surface area contributed by atoms with E-state index in [0.717, 1.165) is 32.8 Å². The largest absolute Gasteiger partial charge is 0.380 e. The van der Waals surface area contributed by atoms with Crippen LogP contribution in [0.2, 0.25) is 0 Å². The molecule has 0 aliphatic rings. The van der Waals surface area contributed by atoms with Crippen molar-refractivity contribution in [2.45, 2.75) is 33.9 Å². The standard InChI is InChI=1S/C12H23N3O/c1-4-15-10-14-8-12(15)7-13-5-6-16-9-11(2)3/h8,10-11,13H,4-7,9H2,1-3H3. The van der Waals surface area contributed by atoms with Crippen LogP contribution in [0.15, 0.2) is 12.5 Å². The lowest BCUT2D eigenvalue weighted by Gasteiger charge is -2.08. The number of rotatable bonds is 8. The molecule has 0 saturated carbocycles. The summed E-state index contributed by atoms with van der Waals surface area (Å²) in [4.78, 5) is 4.12. The Labute approximate surface area is 98.0 Å². The van der Waals surface area contributed by atoms with Crippen molar-refractivity contribution in [1.82, 2.24) is 14.9 Å². The van der Waals surface area contributed by atoms with E-state index in [2.05, 4.69) is 35.6 Å². The number of aryl methyl sites for hydroxylation is 1. The molecule has 0 saturated heterocycles. The van der Waals surface area contributed by atoms with Gasteiger partial charge in [0, 0.05) is 32.4 Å². The minimum Gasteiger partial charge on any atom is -0.380 e. The van der Waals surface area contributed by atoms with E-state index in [1.54, 1.807) is 0 Å². The van der Waals surface area contributed by atoms with E-state index in [-0.39, 0.29) is 0 Å². The minimum atomic E-state index is 0.613. The fourth-order valence-electron chi connectivity index (χ4n) is 1.46. The lowest BCUT2D eigenvalue weighted by atomic mass is 10.2. The smallest absolute Gasteiger partial charge is 0.0948 e. The van der Waals surface area contributed by atoms with Gasteiger partial charge in [-0.3, -0.25) is 0 Å². The van der Waals surface area contributed by atoms with Gasteiger partial charge in [-0.1, -0.05) is 13.8 Å². The lowest BCUT2D eigenvalue weighted by Crippen LogP contribution is -2.21. The van der Waals surface area contributed by atoms with Gasteiger partial charge in [0.05, 0.1) is 18.6 Å². The number of hydrogen-bond acceptors (Lipinski definition) is 3. The average molecular weight is 225 g/mol. The molecule has 1 rings (SSSR count). The van der Waals surface area contributed by atoms with Crippen LogP contribution in [0.1, 0.15) is 26.5 Å². The van der Waals surface area contributed by atoms with E-state index in [4.69, 9.17) is 4.74 Å². The first-order chi connectivity index (χ1) is 7.74. The summed E-state index contributed by atoms with van der Waals surface area (Å²) in [7, 11) is 0. The molecule has 0 spiro atoms. The summed E-state index contributed by atoms with van der Waals surface area (Å²) in [5.74, 6) is 0.613. The predicted molar refractivity (Wildman–Crippen MR) is 65.3 cm³/mol. The van der Waals surface area contributed by atoms with Crippen LogP contribution in [0.5, 0.6) is 0 Å². The van der Waals surface area contributed by atoms with Gasteiger partial charge in [0.15, 0.2) is 0 Å². The topological polar surface area (TPSA) is 39.1 Å². The molecule has 0 unspecified atom stereocenters. The van der Waals surface area contributed by atoms with E-state index in [1.165, 1.54) is 5.69 Å². The van der Waals surface area contributed by atoms with Gasteiger partial charge in [0.1, 0.15) is 0 Å². The molecule has 1 aromatic rings. The van der Waals surface area contributed by atoms with Crippen LogP contribution in [0.3, 0.4) is 0 Å². The van der Waals surface area contributed by atoms with E-state index >= 15 is 0 Å². The zero-order chi connectivity index (χ0) is 11.8. The Kier molecular flexibility index (Phi) is 6.11. The van der Waals surface area contributed by atoms with Gasteiger partial charge in [-0.2, -0.15) is 0 Å². The first-order valence-electron chi connectivity index (χ1n) is 6.01. The van der Waals surface area contributed by atoms with E-state index < -0.39 is 0 Å². The summed E-state index contributed by atoms with van der Waals surface area (Å²) in [5, 5.41) is 3.35. The summed E-state index contributed by atoms with van der Waals surface area (Å²) >= 11 is 0.